The lowest BCUT2D eigenvalue weighted by molar-refractivity contribution is -0.148. The fraction of sp³-hybridized carbons (Fsp3) is 0.333. The number of thioether (sulfide) groups is 1. The molecule has 2 atom stereocenters. The lowest BCUT2D eigenvalue weighted by atomic mass is 10.1. The Hall–Kier alpha value is -1.53. The number of carbonyl (C=O) groups excluding carboxylic acids is 1. The van der Waals surface area contributed by atoms with E-state index in [1.54, 1.807) is 24.3 Å². The van der Waals surface area contributed by atoms with Gasteiger partial charge in [-0.1, -0.05) is 30.3 Å². The minimum Gasteiger partial charge on any atom is -0.480 e. The number of amides is 1. The van der Waals surface area contributed by atoms with Crippen LogP contribution < -0.4 is 5.73 Å². The molecule has 5 nitrogen and oxygen atoms in total. The molecule has 1 unspecified atom stereocenters. The van der Waals surface area contributed by atoms with Gasteiger partial charge in [-0.05, 0) is 5.56 Å². The zero-order valence-electron chi connectivity index (χ0n) is 9.65. The predicted octanol–water partition coefficient (Wildman–Crippen LogP) is 0.672. The summed E-state index contributed by atoms with van der Waals surface area (Å²) in [4.78, 5) is 24.6. The maximum Gasteiger partial charge on any atom is 0.327 e. The van der Waals surface area contributed by atoms with Crippen molar-refractivity contribution in [1.82, 2.24) is 4.90 Å². The number of hydrogen-bond donors (Lipinski definition) is 2. The summed E-state index contributed by atoms with van der Waals surface area (Å²) in [5.41, 5.74) is 6.59. The lowest BCUT2D eigenvalue weighted by Gasteiger charge is -2.24. The number of benzene rings is 1. The smallest absolute Gasteiger partial charge is 0.327 e. The van der Waals surface area contributed by atoms with Gasteiger partial charge >= 0.3 is 5.97 Å². The van der Waals surface area contributed by atoms with E-state index in [0.29, 0.717) is 17.2 Å². The van der Waals surface area contributed by atoms with Crippen molar-refractivity contribution < 1.29 is 14.7 Å². The number of rotatable bonds is 3. The average Bonchev–Trinajstić information content (AvgIpc) is 2.87. The second-order valence-corrected chi connectivity index (χ2v) is 5.05. The molecular formula is C12H14N2O3S. The first-order valence-electron chi connectivity index (χ1n) is 5.53. The molecule has 96 valence electrons. The molecule has 1 amide bonds. The van der Waals surface area contributed by atoms with Crippen LogP contribution in [-0.2, 0) is 9.59 Å². The fourth-order valence-corrected chi connectivity index (χ4v) is 3.00. The Balaban J connectivity index is 2.14. The molecule has 6 heteroatoms. The van der Waals surface area contributed by atoms with E-state index in [-0.39, 0.29) is 5.91 Å². The first kappa shape index (κ1) is 12.9. The Bertz CT molecular complexity index is 452. The molecule has 1 heterocycles. The Morgan fingerprint density at radius 1 is 1.39 bits per heavy atom. The van der Waals surface area contributed by atoms with Crippen LogP contribution >= 0.6 is 11.8 Å². The Labute approximate surface area is 109 Å². The highest BCUT2D eigenvalue weighted by Gasteiger charge is 2.36. The summed E-state index contributed by atoms with van der Waals surface area (Å²) in [6.45, 7) is 0. The highest BCUT2D eigenvalue weighted by Crippen LogP contribution is 2.24. The number of carboxylic acids is 1. The maximum atomic E-state index is 12.2. The van der Waals surface area contributed by atoms with Crippen molar-refractivity contribution >= 4 is 23.6 Å². The molecule has 0 aromatic heterocycles. The van der Waals surface area contributed by atoms with Gasteiger partial charge in [0.25, 0.3) is 0 Å². The largest absolute Gasteiger partial charge is 0.480 e. The zero-order valence-corrected chi connectivity index (χ0v) is 10.5. The number of hydrogen-bond acceptors (Lipinski definition) is 4. The van der Waals surface area contributed by atoms with Gasteiger partial charge in [-0.2, -0.15) is 0 Å². The van der Waals surface area contributed by atoms with Crippen LogP contribution in [0.25, 0.3) is 0 Å². The van der Waals surface area contributed by atoms with Gasteiger partial charge in [-0.15, -0.1) is 11.8 Å². The van der Waals surface area contributed by atoms with Gasteiger partial charge in [0.2, 0.25) is 5.91 Å². The molecule has 0 radical (unpaired) electrons. The molecule has 2 rings (SSSR count). The second-order valence-electron chi connectivity index (χ2n) is 4.05. The van der Waals surface area contributed by atoms with Gasteiger partial charge in [-0.3, -0.25) is 4.79 Å². The van der Waals surface area contributed by atoms with E-state index in [9.17, 15) is 9.59 Å². The molecule has 1 aromatic rings. The third kappa shape index (κ3) is 2.49. The number of carbonyl (C=O) groups is 2. The van der Waals surface area contributed by atoms with Gasteiger partial charge in [0.15, 0.2) is 0 Å². The number of nitrogens with two attached hydrogens (primary N) is 1. The number of carboxylic acid groups (broad SMARTS) is 1. The standard InChI is InChI=1S/C12H14N2O3S/c13-10(8-4-2-1-3-5-8)11(15)14-7-18-6-9(14)12(16)17/h1-5,9-10H,6-7,13H2,(H,16,17)/t9-,10?/m0/s1. The molecule has 1 aromatic carbocycles. The van der Waals surface area contributed by atoms with E-state index in [0.717, 1.165) is 0 Å². The van der Waals surface area contributed by atoms with Crippen molar-refractivity contribution in [3.63, 3.8) is 0 Å². The number of nitrogens with zero attached hydrogens (tertiary/aromatic N) is 1. The van der Waals surface area contributed by atoms with Crippen molar-refractivity contribution in [3.05, 3.63) is 35.9 Å². The molecule has 1 aliphatic heterocycles. The molecule has 0 aliphatic carbocycles. The van der Waals surface area contributed by atoms with E-state index < -0.39 is 18.1 Å². The van der Waals surface area contributed by atoms with E-state index in [1.807, 2.05) is 6.07 Å². The third-order valence-electron chi connectivity index (χ3n) is 2.88. The van der Waals surface area contributed by atoms with Gasteiger partial charge in [-0.25, -0.2) is 4.79 Å². The Morgan fingerprint density at radius 3 is 2.67 bits per heavy atom. The quantitative estimate of drug-likeness (QED) is 0.840. The van der Waals surface area contributed by atoms with Crippen LogP contribution in [0.2, 0.25) is 0 Å². The summed E-state index contributed by atoms with van der Waals surface area (Å²) >= 11 is 1.43. The molecule has 0 bridgehead atoms. The molecule has 0 spiro atoms. The van der Waals surface area contributed by atoms with Crippen LogP contribution in [0, 0.1) is 0 Å². The predicted molar refractivity (Wildman–Crippen MR) is 69.0 cm³/mol. The van der Waals surface area contributed by atoms with Gasteiger partial charge < -0.3 is 15.7 Å². The third-order valence-corrected chi connectivity index (χ3v) is 3.89. The fourth-order valence-electron chi connectivity index (χ4n) is 1.85. The highest BCUT2D eigenvalue weighted by molar-refractivity contribution is 7.99. The normalized spacial score (nSPS) is 20.7. The van der Waals surface area contributed by atoms with Crippen LogP contribution in [-0.4, -0.2) is 39.6 Å². The second kappa shape index (κ2) is 5.41. The molecular weight excluding hydrogens is 252 g/mol. The molecule has 18 heavy (non-hydrogen) atoms. The average molecular weight is 266 g/mol. The summed E-state index contributed by atoms with van der Waals surface area (Å²) in [5, 5.41) is 9.04. The van der Waals surface area contributed by atoms with E-state index in [1.165, 1.54) is 16.7 Å². The van der Waals surface area contributed by atoms with E-state index >= 15 is 0 Å². The molecule has 0 saturated carbocycles. The van der Waals surface area contributed by atoms with Crippen LogP contribution in [0.15, 0.2) is 30.3 Å². The van der Waals surface area contributed by atoms with Gasteiger partial charge in [0, 0.05) is 5.75 Å². The SMILES string of the molecule is NC(C(=O)N1CSC[C@H]1C(=O)O)c1ccccc1. The Morgan fingerprint density at radius 2 is 2.06 bits per heavy atom. The lowest BCUT2D eigenvalue weighted by Crippen LogP contribution is -2.45. The maximum absolute atomic E-state index is 12.2. The summed E-state index contributed by atoms with van der Waals surface area (Å²) in [5.74, 6) is -0.508. The van der Waals surface area contributed by atoms with Crippen molar-refractivity contribution in [2.24, 2.45) is 5.73 Å². The minimum atomic E-state index is -0.978. The summed E-state index contributed by atoms with van der Waals surface area (Å²) in [7, 11) is 0. The minimum absolute atomic E-state index is 0.335. The number of aliphatic carboxylic acids is 1. The van der Waals surface area contributed by atoms with Crippen LogP contribution in [0.5, 0.6) is 0 Å². The summed E-state index contributed by atoms with van der Waals surface area (Å²) in [6.07, 6.45) is 0. The van der Waals surface area contributed by atoms with Gasteiger partial charge in [0.05, 0.1) is 5.88 Å². The van der Waals surface area contributed by atoms with E-state index in [4.69, 9.17) is 10.8 Å². The molecule has 1 aliphatic rings. The Kier molecular flexibility index (Phi) is 3.88. The van der Waals surface area contributed by atoms with Crippen molar-refractivity contribution in [2.45, 2.75) is 12.1 Å². The zero-order chi connectivity index (χ0) is 13.1. The van der Waals surface area contributed by atoms with Crippen molar-refractivity contribution in [1.29, 1.82) is 0 Å². The van der Waals surface area contributed by atoms with E-state index in [2.05, 4.69) is 0 Å². The summed E-state index contributed by atoms with van der Waals surface area (Å²) in [6, 6.07) is 7.41. The molecule has 1 saturated heterocycles. The first-order valence-corrected chi connectivity index (χ1v) is 6.68. The first-order chi connectivity index (χ1) is 8.61. The highest BCUT2D eigenvalue weighted by atomic mass is 32.2. The topological polar surface area (TPSA) is 83.6 Å². The van der Waals surface area contributed by atoms with Crippen molar-refractivity contribution in [2.75, 3.05) is 11.6 Å². The van der Waals surface area contributed by atoms with Crippen molar-refractivity contribution in [3.8, 4) is 0 Å². The molecule has 1 fully saturated rings. The van der Waals surface area contributed by atoms with Crippen LogP contribution in [0.3, 0.4) is 0 Å². The van der Waals surface area contributed by atoms with Crippen LogP contribution in [0.1, 0.15) is 11.6 Å². The van der Waals surface area contributed by atoms with Crippen LogP contribution in [0.4, 0.5) is 0 Å². The monoisotopic (exact) mass is 266 g/mol. The summed E-state index contributed by atoms with van der Waals surface area (Å²) < 4.78 is 0. The molecule has 3 N–H and O–H groups in total. The van der Waals surface area contributed by atoms with Gasteiger partial charge in [0.1, 0.15) is 12.1 Å².